The molecule has 3 aromatic carbocycles. The monoisotopic (exact) mass is 590 g/mol. The van der Waals surface area contributed by atoms with E-state index in [0.717, 1.165) is 43.0 Å². The van der Waals surface area contributed by atoms with Gasteiger partial charge < -0.3 is 20.7 Å². The van der Waals surface area contributed by atoms with E-state index >= 15 is 0 Å². The minimum absolute atomic E-state index is 0.0255. The molecule has 4 rings (SSSR count). The lowest BCUT2D eigenvalue weighted by Gasteiger charge is -2.41. The summed E-state index contributed by atoms with van der Waals surface area (Å²) < 4.78 is 28.1. The summed E-state index contributed by atoms with van der Waals surface area (Å²) >= 11 is 0. The van der Waals surface area contributed by atoms with Gasteiger partial charge in [0.15, 0.2) is 0 Å². The zero-order valence-corrected chi connectivity index (χ0v) is 25.8. The predicted molar refractivity (Wildman–Crippen MR) is 169 cm³/mol. The van der Waals surface area contributed by atoms with Gasteiger partial charge in [0, 0.05) is 43.6 Å². The van der Waals surface area contributed by atoms with Crippen LogP contribution in [0.3, 0.4) is 0 Å². The number of para-hydroxylation sites is 1. The Morgan fingerprint density at radius 2 is 1.63 bits per heavy atom. The van der Waals surface area contributed by atoms with Gasteiger partial charge >= 0.3 is 0 Å². The molecule has 1 aliphatic rings. The molecule has 3 aromatic rings. The molecule has 0 saturated heterocycles. The van der Waals surface area contributed by atoms with Gasteiger partial charge in [-0.1, -0.05) is 63.2 Å². The smallest absolute Gasteiger partial charge is 0.230 e. The fourth-order valence-corrected chi connectivity index (χ4v) is 5.78. The number of carbonyl (C=O) groups is 1. The Bertz CT molecular complexity index is 1390. The molecule has 1 amide bonds. The summed E-state index contributed by atoms with van der Waals surface area (Å²) in [7, 11) is 3.84. The maximum Gasteiger partial charge on any atom is 0.230 e. The third-order valence-electron chi connectivity index (χ3n) is 8.17. The van der Waals surface area contributed by atoms with Crippen LogP contribution >= 0.6 is 0 Å². The molecule has 0 aliphatic heterocycles. The number of anilines is 1. The summed E-state index contributed by atoms with van der Waals surface area (Å²) in [4.78, 5) is 13.5. The Labute approximate surface area is 254 Å². The Hall–Kier alpha value is -3.62. The average molecular weight is 591 g/mol. The molecule has 0 heterocycles. The van der Waals surface area contributed by atoms with Crippen LogP contribution in [-0.2, 0) is 22.2 Å². The first-order valence-corrected chi connectivity index (χ1v) is 14.9. The molecule has 0 radical (unpaired) electrons. The van der Waals surface area contributed by atoms with Crippen molar-refractivity contribution in [1.82, 2.24) is 10.3 Å². The van der Waals surface area contributed by atoms with E-state index in [2.05, 4.69) is 60.8 Å². The van der Waals surface area contributed by atoms with Gasteiger partial charge in [-0.15, -0.1) is 0 Å². The van der Waals surface area contributed by atoms with Gasteiger partial charge in [0.05, 0.1) is 12.0 Å². The molecule has 3 N–H and O–H groups in total. The minimum Gasteiger partial charge on any atom is -0.391 e. The molecule has 230 valence electrons. The summed E-state index contributed by atoms with van der Waals surface area (Å²) in [6.45, 7) is 6.67. The Kier molecular flexibility index (Phi) is 10.4. The highest BCUT2D eigenvalue weighted by molar-refractivity contribution is 5.93. The van der Waals surface area contributed by atoms with E-state index < -0.39 is 35.1 Å². The Morgan fingerprint density at radius 1 is 0.977 bits per heavy atom. The number of hydrogen-bond donors (Lipinski definition) is 3. The van der Waals surface area contributed by atoms with E-state index in [9.17, 15) is 18.7 Å². The number of nitrogens with zero attached hydrogens (tertiary/aromatic N) is 2. The second kappa shape index (κ2) is 13.8. The van der Waals surface area contributed by atoms with Crippen molar-refractivity contribution in [3.63, 3.8) is 0 Å². The van der Waals surface area contributed by atoms with Crippen molar-refractivity contribution in [2.45, 2.75) is 69.9 Å². The maximum absolute atomic E-state index is 14.1. The van der Waals surface area contributed by atoms with E-state index in [1.807, 2.05) is 25.2 Å². The lowest BCUT2D eigenvalue weighted by atomic mass is 9.74. The van der Waals surface area contributed by atoms with Gasteiger partial charge in [-0.25, -0.2) is 8.78 Å². The van der Waals surface area contributed by atoms with Gasteiger partial charge in [0.1, 0.15) is 11.6 Å². The molecule has 8 heteroatoms. The van der Waals surface area contributed by atoms with E-state index in [0.29, 0.717) is 11.3 Å². The quantitative estimate of drug-likeness (QED) is 0.239. The number of aliphatic hydroxyl groups is 1. The highest BCUT2D eigenvalue weighted by atomic mass is 19.1. The van der Waals surface area contributed by atoms with E-state index in [1.54, 1.807) is 24.3 Å². The maximum atomic E-state index is 14.1. The molecule has 6 nitrogen and oxygen atoms in total. The molecule has 0 bridgehead atoms. The lowest BCUT2D eigenvalue weighted by Crippen LogP contribution is -2.50. The summed E-state index contributed by atoms with van der Waals surface area (Å²) in [6, 6.07) is 20.7. The van der Waals surface area contributed by atoms with Crippen molar-refractivity contribution in [1.29, 1.82) is 0 Å². The van der Waals surface area contributed by atoms with Crippen LogP contribution in [0.2, 0.25) is 0 Å². The fraction of sp³-hybridized carbons (Fsp3) is 0.429. The lowest BCUT2D eigenvalue weighted by molar-refractivity contribution is -0.123. The number of amides is 1. The second-order valence-electron chi connectivity index (χ2n) is 12.8. The van der Waals surface area contributed by atoms with Crippen molar-refractivity contribution >= 4 is 17.3 Å². The molecule has 0 spiro atoms. The number of nitrogens with one attached hydrogen (secondary N) is 2. The molecule has 0 aromatic heterocycles. The van der Waals surface area contributed by atoms with Crippen LogP contribution in [0.4, 0.5) is 14.5 Å². The summed E-state index contributed by atoms with van der Waals surface area (Å²) in [5.41, 5.74) is 3.88. The second-order valence-corrected chi connectivity index (χ2v) is 12.8. The normalized spacial score (nSPS) is 18.6. The number of aliphatic hydroxyl groups excluding tert-OH is 1. The van der Waals surface area contributed by atoms with Gasteiger partial charge in [0.2, 0.25) is 5.91 Å². The van der Waals surface area contributed by atoms with Crippen molar-refractivity contribution in [2.75, 3.05) is 26.0 Å². The minimum atomic E-state index is -1.13. The van der Waals surface area contributed by atoms with Crippen molar-refractivity contribution < 1.29 is 18.7 Å². The van der Waals surface area contributed by atoms with E-state index in [4.69, 9.17) is 0 Å². The molecule has 1 saturated carbocycles. The molecule has 2 unspecified atom stereocenters. The summed E-state index contributed by atoms with van der Waals surface area (Å²) in [5.74, 6) is -2.82. The first kappa shape index (κ1) is 32.3. The van der Waals surface area contributed by atoms with Crippen LogP contribution in [0.15, 0.2) is 77.9 Å². The number of rotatable bonds is 10. The number of hydrogen-bond acceptors (Lipinski definition) is 5. The number of benzene rings is 3. The molecule has 1 fully saturated rings. The first-order chi connectivity index (χ1) is 20.3. The average Bonchev–Trinajstić information content (AvgIpc) is 2.95. The van der Waals surface area contributed by atoms with Gasteiger partial charge in [-0.3, -0.25) is 4.79 Å². The molecular formula is C35H44F2N4O2. The van der Waals surface area contributed by atoms with Crippen LogP contribution in [-0.4, -0.2) is 48.5 Å². The number of hydrazone groups is 1. The van der Waals surface area contributed by atoms with E-state index in [1.165, 1.54) is 17.7 Å². The van der Waals surface area contributed by atoms with Crippen molar-refractivity contribution in [2.24, 2.45) is 11.0 Å². The Balaban J connectivity index is 1.62. The predicted octanol–water partition coefficient (Wildman–Crippen LogP) is 6.40. The number of halogens is 2. The molecule has 43 heavy (non-hydrogen) atoms. The topological polar surface area (TPSA) is 77.0 Å². The highest BCUT2D eigenvalue weighted by Gasteiger charge is 2.38. The first-order valence-electron chi connectivity index (χ1n) is 14.9. The van der Waals surface area contributed by atoms with Crippen molar-refractivity contribution in [3.05, 3.63) is 101 Å². The standard InChI is InChI=1S/C35H44F2N4O2/c1-34(2,3)25-10-9-11-26(21-25)35(16-14-30(15-17-35)40-41(4)5)38-23-32(42)31(20-24-18-27(36)22-28(37)19-24)33(43)39-29-12-7-6-8-13-29/h6-13,18-19,21-22,31-32,38,42H,14-17,20,23H2,1-5H3,(H,39,43). The van der Waals surface area contributed by atoms with Crippen LogP contribution in [0.25, 0.3) is 0 Å². The van der Waals surface area contributed by atoms with Gasteiger partial charge in [0.25, 0.3) is 0 Å². The zero-order valence-electron chi connectivity index (χ0n) is 25.8. The van der Waals surface area contributed by atoms with E-state index in [-0.39, 0.29) is 18.4 Å². The largest absolute Gasteiger partial charge is 0.391 e. The van der Waals surface area contributed by atoms with Gasteiger partial charge in [-0.2, -0.15) is 5.10 Å². The van der Waals surface area contributed by atoms with Crippen LogP contribution in [0.5, 0.6) is 0 Å². The Morgan fingerprint density at radius 3 is 2.23 bits per heavy atom. The molecule has 2 atom stereocenters. The van der Waals surface area contributed by atoms with Gasteiger partial charge in [-0.05, 0) is 78.5 Å². The SMILES string of the molecule is CN(C)N=C1CCC(NCC(O)C(Cc2cc(F)cc(F)c2)C(=O)Nc2ccccc2)(c2cccc(C(C)(C)C)c2)CC1. The molecule has 1 aliphatic carbocycles. The molecular weight excluding hydrogens is 546 g/mol. The highest BCUT2D eigenvalue weighted by Crippen LogP contribution is 2.38. The number of carbonyl (C=O) groups excluding carboxylic acids is 1. The van der Waals surface area contributed by atoms with Crippen LogP contribution < -0.4 is 10.6 Å². The third kappa shape index (κ3) is 8.71. The van der Waals surface area contributed by atoms with Crippen LogP contribution in [0, 0.1) is 17.6 Å². The summed E-state index contributed by atoms with van der Waals surface area (Å²) in [5, 5.41) is 24.6. The zero-order chi connectivity index (χ0) is 31.2. The van der Waals surface area contributed by atoms with Crippen LogP contribution in [0.1, 0.15) is 63.1 Å². The summed E-state index contributed by atoms with van der Waals surface area (Å²) in [6.07, 6.45) is 1.98. The third-order valence-corrected chi connectivity index (χ3v) is 8.17. The fourth-order valence-electron chi connectivity index (χ4n) is 5.78. The van der Waals surface area contributed by atoms with Crippen molar-refractivity contribution in [3.8, 4) is 0 Å².